The molecule has 0 fully saturated rings. The van der Waals surface area contributed by atoms with Crippen molar-refractivity contribution >= 4 is 5.82 Å². The van der Waals surface area contributed by atoms with Crippen LogP contribution in [0.3, 0.4) is 0 Å². The molecule has 120 valence electrons. The van der Waals surface area contributed by atoms with Gasteiger partial charge in [0.2, 0.25) is 5.88 Å². The average molecular weight is 309 g/mol. The van der Waals surface area contributed by atoms with Crippen LogP contribution in [0.1, 0.15) is 31.7 Å². The molecule has 1 aromatic heterocycles. The molecule has 0 radical (unpaired) electrons. The van der Waals surface area contributed by atoms with Gasteiger partial charge in [0.25, 0.3) is 0 Å². The highest BCUT2D eigenvalue weighted by Crippen LogP contribution is 2.27. The van der Waals surface area contributed by atoms with Gasteiger partial charge in [-0.05, 0) is 13.3 Å². The molecule has 4 nitrogen and oxygen atoms in total. The topological polar surface area (TPSA) is 47.0 Å². The number of aromatic nitrogens is 2. The molecule has 0 bridgehead atoms. The number of nitrogens with zero attached hydrogens (tertiary/aromatic N) is 2. The molecule has 1 rings (SSSR count). The van der Waals surface area contributed by atoms with Crippen LogP contribution in [-0.2, 0) is 6.42 Å². The minimum absolute atomic E-state index is 0.0965. The monoisotopic (exact) mass is 309 g/mol. The van der Waals surface area contributed by atoms with Crippen LogP contribution >= 0.6 is 0 Å². The third-order valence-corrected chi connectivity index (χ3v) is 2.73. The second-order valence-electron chi connectivity index (χ2n) is 4.55. The van der Waals surface area contributed by atoms with Gasteiger partial charge in [-0.25, -0.2) is 13.8 Å². The minimum Gasteiger partial charge on any atom is -0.471 e. The summed E-state index contributed by atoms with van der Waals surface area (Å²) in [7, 11) is 0. The van der Waals surface area contributed by atoms with E-state index in [1.165, 1.54) is 0 Å². The van der Waals surface area contributed by atoms with Crippen LogP contribution < -0.4 is 10.1 Å². The first-order chi connectivity index (χ1) is 9.81. The molecule has 0 aliphatic carbocycles. The van der Waals surface area contributed by atoms with Crippen molar-refractivity contribution in [2.45, 2.75) is 46.0 Å². The number of rotatable bonds is 8. The maximum atomic E-state index is 12.9. The zero-order chi connectivity index (χ0) is 16.0. The molecule has 8 heteroatoms. The fraction of sp³-hybridized carbons (Fsp3) is 0.692. The van der Waals surface area contributed by atoms with Crippen molar-refractivity contribution in [2.24, 2.45) is 0 Å². The van der Waals surface area contributed by atoms with Crippen LogP contribution in [0, 0.1) is 6.92 Å². The van der Waals surface area contributed by atoms with Crippen molar-refractivity contribution in [3.05, 3.63) is 11.4 Å². The SMILES string of the molecule is CCCNc1nc(CC)nc(OCC(F)(F)C(F)F)c1C. The predicted molar refractivity (Wildman–Crippen MR) is 71.4 cm³/mol. The van der Waals surface area contributed by atoms with Gasteiger partial charge < -0.3 is 10.1 Å². The minimum atomic E-state index is -4.21. The van der Waals surface area contributed by atoms with E-state index in [0.717, 1.165) is 6.42 Å². The van der Waals surface area contributed by atoms with E-state index in [4.69, 9.17) is 4.74 Å². The molecule has 0 amide bonds. The molecular weight excluding hydrogens is 290 g/mol. The zero-order valence-electron chi connectivity index (χ0n) is 12.2. The van der Waals surface area contributed by atoms with Gasteiger partial charge in [0.15, 0.2) is 6.61 Å². The molecule has 21 heavy (non-hydrogen) atoms. The average Bonchev–Trinajstić information content (AvgIpc) is 2.44. The Morgan fingerprint density at radius 3 is 2.43 bits per heavy atom. The summed E-state index contributed by atoms with van der Waals surface area (Å²) in [5.74, 6) is -3.43. The lowest BCUT2D eigenvalue weighted by Gasteiger charge is -2.18. The number of hydrogen-bond acceptors (Lipinski definition) is 4. The highest BCUT2D eigenvalue weighted by molar-refractivity contribution is 5.48. The summed E-state index contributed by atoms with van der Waals surface area (Å²) in [6, 6.07) is 0. The molecule has 0 aromatic carbocycles. The predicted octanol–water partition coefficient (Wildman–Crippen LogP) is 3.45. The first-order valence-electron chi connectivity index (χ1n) is 6.72. The lowest BCUT2D eigenvalue weighted by molar-refractivity contribution is -0.148. The maximum absolute atomic E-state index is 12.9. The molecule has 0 atom stereocenters. The van der Waals surface area contributed by atoms with Gasteiger partial charge in [-0.1, -0.05) is 13.8 Å². The van der Waals surface area contributed by atoms with E-state index in [1.807, 2.05) is 6.92 Å². The molecule has 0 spiro atoms. The van der Waals surface area contributed by atoms with E-state index in [2.05, 4.69) is 15.3 Å². The largest absolute Gasteiger partial charge is 0.471 e. The lowest BCUT2D eigenvalue weighted by Crippen LogP contribution is -2.34. The number of hydrogen-bond donors (Lipinski definition) is 1. The number of nitrogens with one attached hydrogen (secondary N) is 1. The molecule has 1 aromatic rings. The third-order valence-electron chi connectivity index (χ3n) is 2.73. The Hall–Kier alpha value is -1.60. The number of anilines is 1. The van der Waals surface area contributed by atoms with Gasteiger partial charge in [0.05, 0.1) is 5.56 Å². The molecule has 0 saturated heterocycles. The second kappa shape index (κ2) is 7.42. The summed E-state index contributed by atoms with van der Waals surface area (Å²) < 4.78 is 54.9. The fourth-order valence-corrected chi connectivity index (χ4v) is 1.48. The van der Waals surface area contributed by atoms with Crippen LogP contribution in [0.15, 0.2) is 0 Å². The van der Waals surface area contributed by atoms with Gasteiger partial charge in [-0.15, -0.1) is 0 Å². The fourth-order valence-electron chi connectivity index (χ4n) is 1.48. The molecule has 0 unspecified atom stereocenters. The molecule has 0 saturated carbocycles. The summed E-state index contributed by atoms with van der Waals surface area (Å²) in [6.07, 6.45) is -2.45. The van der Waals surface area contributed by atoms with Crippen LogP contribution in [-0.4, -0.2) is 35.5 Å². The third kappa shape index (κ3) is 4.71. The van der Waals surface area contributed by atoms with Crippen molar-refractivity contribution in [2.75, 3.05) is 18.5 Å². The Bertz CT molecular complexity index is 469. The summed E-state index contributed by atoms with van der Waals surface area (Å²) in [5.41, 5.74) is 0.422. The van der Waals surface area contributed by atoms with Crippen LogP contribution in [0.4, 0.5) is 23.4 Å². The number of alkyl halides is 4. The Morgan fingerprint density at radius 1 is 1.24 bits per heavy atom. The van der Waals surface area contributed by atoms with Gasteiger partial charge >= 0.3 is 12.3 Å². The molecule has 0 aliphatic heterocycles. The van der Waals surface area contributed by atoms with Crippen molar-refractivity contribution in [3.63, 3.8) is 0 Å². The van der Waals surface area contributed by atoms with Crippen molar-refractivity contribution in [3.8, 4) is 5.88 Å². The zero-order valence-corrected chi connectivity index (χ0v) is 12.2. The van der Waals surface area contributed by atoms with Gasteiger partial charge in [0, 0.05) is 13.0 Å². The van der Waals surface area contributed by atoms with Crippen molar-refractivity contribution in [1.82, 2.24) is 9.97 Å². The van der Waals surface area contributed by atoms with E-state index >= 15 is 0 Å². The number of halogens is 4. The number of aryl methyl sites for hydroxylation is 1. The van der Waals surface area contributed by atoms with Gasteiger partial charge in [0.1, 0.15) is 11.6 Å². The van der Waals surface area contributed by atoms with E-state index in [-0.39, 0.29) is 5.88 Å². The lowest BCUT2D eigenvalue weighted by atomic mass is 10.3. The van der Waals surface area contributed by atoms with E-state index in [0.29, 0.717) is 30.2 Å². The van der Waals surface area contributed by atoms with Gasteiger partial charge in [-0.2, -0.15) is 13.8 Å². The highest BCUT2D eigenvalue weighted by atomic mass is 19.3. The molecule has 1 heterocycles. The van der Waals surface area contributed by atoms with E-state index in [9.17, 15) is 17.6 Å². The standard InChI is InChI=1S/C13H19F4N3O/c1-4-6-18-10-8(3)11(20-9(5-2)19-10)21-7-13(16,17)12(14)15/h12H,4-7H2,1-3H3,(H,18,19,20). The Balaban J connectivity index is 2.95. The summed E-state index contributed by atoms with van der Waals surface area (Å²) in [4.78, 5) is 8.20. The summed E-state index contributed by atoms with van der Waals surface area (Å²) >= 11 is 0. The first-order valence-corrected chi connectivity index (χ1v) is 6.72. The highest BCUT2D eigenvalue weighted by Gasteiger charge is 2.42. The maximum Gasteiger partial charge on any atom is 0.340 e. The normalized spacial score (nSPS) is 11.8. The quantitative estimate of drug-likeness (QED) is 0.747. The smallest absolute Gasteiger partial charge is 0.340 e. The Labute approximate surface area is 120 Å². The summed E-state index contributed by atoms with van der Waals surface area (Å²) in [5, 5.41) is 3.03. The van der Waals surface area contributed by atoms with Gasteiger partial charge in [-0.3, -0.25) is 0 Å². The van der Waals surface area contributed by atoms with Crippen LogP contribution in [0.5, 0.6) is 5.88 Å². The van der Waals surface area contributed by atoms with E-state index in [1.54, 1.807) is 13.8 Å². The summed E-state index contributed by atoms with van der Waals surface area (Å²) in [6.45, 7) is 4.58. The van der Waals surface area contributed by atoms with Crippen LogP contribution in [0.25, 0.3) is 0 Å². The Morgan fingerprint density at radius 2 is 1.90 bits per heavy atom. The molecular formula is C13H19F4N3O. The Kier molecular flexibility index (Phi) is 6.17. The number of ether oxygens (including phenoxy) is 1. The first kappa shape index (κ1) is 17.5. The molecule has 0 aliphatic rings. The van der Waals surface area contributed by atoms with Crippen molar-refractivity contribution < 1.29 is 22.3 Å². The molecule has 1 N–H and O–H groups in total. The van der Waals surface area contributed by atoms with Crippen LogP contribution in [0.2, 0.25) is 0 Å². The van der Waals surface area contributed by atoms with Crippen molar-refractivity contribution in [1.29, 1.82) is 0 Å². The van der Waals surface area contributed by atoms with E-state index < -0.39 is 19.0 Å². The second-order valence-corrected chi connectivity index (χ2v) is 4.55.